The second kappa shape index (κ2) is 4.04. The first-order valence-corrected chi connectivity index (χ1v) is 4.80. The zero-order valence-corrected chi connectivity index (χ0v) is 8.54. The number of nitrogens with two attached hydrogens (primary N) is 1. The van der Waals surface area contributed by atoms with Gasteiger partial charge in [0.05, 0.1) is 12.3 Å². The van der Waals surface area contributed by atoms with E-state index in [0.29, 0.717) is 16.3 Å². The zero-order valence-electron chi connectivity index (χ0n) is 7.78. The van der Waals surface area contributed by atoms with Crippen LogP contribution in [0.4, 0.5) is 4.39 Å². The van der Waals surface area contributed by atoms with Crippen LogP contribution in [-0.2, 0) is 0 Å². The molecule has 2 N–H and O–H groups in total. The molecule has 1 unspecified atom stereocenters. The molecule has 78 valence electrons. The van der Waals surface area contributed by atoms with Crippen molar-refractivity contribution in [3.63, 3.8) is 0 Å². The Bertz CT molecular complexity index is 456. The summed E-state index contributed by atoms with van der Waals surface area (Å²) in [5.41, 5.74) is 6.20. The van der Waals surface area contributed by atoms with Crippen LogP contribution < -0.4 is 5.73 Å². The number of rotatable bonds is 2. The molecule has 1 heterocycles. The third-order valence-electron chi connectivity index (χ3n) is 2.15. The molecule has 0 saturated heterocycles. The molecule has 1 atom stereocenters. The van der Waals surface area contributed by atoms with E-state index in [9.17, 15) is 4.39 Å². The SMILES string of the molecule is NC(c1ccco1)c1ccc(Cl)cc1F. The molecular weight excluding hydrogens is 217 g/mol. The highest BCUT2D eigenvalue weighted by Gasteiger charge is 2.15. The fourth-order valence-corrected chi connectivity index (χ4v) is 1.53. The first-order chi connectivity index (χ1) is 7.18. The van der Waals surface area contributed by atoms with E-state index in [1.807, 2.05) is 0 Å². The summed E-state index contributed by atoms with van der Waals surface area (Å²) in [4.78, 5) is 0. The van der Waals surface area contributed by atoms with Gasteiger partial charge >= 0.3 is 0 Å². The summed E-state index contributed by atoms with van der Waals surface area (Å²) in [7, 11) is 0. The third-order valence-corrected chi connectivity index (χ3v) is 2.38. The van der Waals surface area contributed by atoms with E-state index in [4.69, 9.17) is 21.8 Å². The molecule has 0 aliphatic heterocycles. The lowest BCUT2D eigenvalue weighted by molar-refractivity contribution is 0.480. The number of benzene rings is 1. The van der Waals surface area contributed by atoms with Crippen LogP contribution in [0, 0.1) is 5.82 Å². The molecule has 15 heavy (non-hydrogen) atoms. The van der Waals surface area contributed by atoms with Gasteiger partial charge in [0.2, 0.25) is 0 Å². The van der Waals surface area contributed by atoms with E-state index in [0.717, 1.165) is 0 Å². The molecule has 1 aromatic heterocycles. The van der Waals surface area contributed by atoms with Gasteiger partial charge in [0.15, 0.2) is 0 Å². The summed E-state index contributed by atoms with van der Waals surface area (Å²) in [6.45, 7) is 0. The predicted molar refractivity (Wildman–Crippen MR) is 56.1 cm³/mol. The van der Waals surface area contributed by atoms with Crippen LogP contribution in [0.5, 0.6) is 0 Å². The average Bonchev–Trinajstić information content (AvgIpc) is 2.69. The second-order valence-electron chi connectivity index (χ2n) is 3.16. The van der Waals surface area contributed by atoms with E-state index in [1.165, 1.54) is 12.3 Å². The molecule has 2 nitrogen and oxygen atoms in total. The van der Waals surface area contributed by atoms with Crippen molar-refractivity contribution in [2.75, 3.05) is 0 Å². The van der Waals surface area contributed by atoms with E-state index in [2.05, 4.69) is 0 Å². The lowest BCUT2D eigenvalue weighted by atomic mass is 10.1. The lowest BCUT2D eigenvalue weighted by Crippen LogP contribution is -2.12. The van der Waals surface area contributed by atoms with Gasteiger partial charge in [-0.25, -0.2) is 4.39 Å². The Labute approximate surface area is 91.5 Å². The first kappa shape index (κ1) is 10.2. The summed E-state index contributed by atoms with van der Waals surface area (Å²) in [5.74, 6) is 0.0997. The standard InChI is InChI=1S/C11H9ClFNO/c12-7-3-4-8(9(13)6-7)11(14)10-2-1-5-15-10/h1-6,11H,14H2. The molecule has 0 saturated carbocycles. The molecule has 0 aliphatic carbocycles. The summed E-state index contributed by atoms with van der Waals surface area (Å²) in [6.07, 6.45) is 1.50. The van der Waals surface area contributed by atoms with Gasteiger partial charge in [0.1, 0.15) is 11.6 Å². The molecule has 1 aromatic carbocycles. The summed E-state index contributed by atoms with van der Waals surface area (Å²) < 4.78 is 18.6. The monoisotopic (exact) mass is 225 g/mol. The number of hydrogen-bond acceptors (Lipinski definition) is 2. The fourth-order valence-electron chi connectivity index (χ4n) is 1.38. The van der Waals surface area contributed by atoms with Gasteiger partial charge in [-0.2, -0.15) is 0 Å². The van der Waals surface area contributed by atoms with Crippen LogP contribution in [0.2, 0.25) is 5.02 Å². The lowest BCUT2D eigenvalue weighted by Gasteiger charge is -2.10. The van der Waals surface area contributed by atoms with Crippen LogP contribution in [0.15, 0.2) is 41.0 Å². The smallest absolute Gasteiger partial charge is 0.129 e. The van der Waals surface area contributed by atoms with Crippen LogP contribution >= 0.6 is 11.6 Å². The highest BCUT2D eigenvalue weighted by molar-refractivity contribution is 6.30. The molecule has 0 amide bonds. The van der Waals surface area contributed by atoms with Gasteiger partial charge in [-0.1, -0.05) is 17.7 Å². The van der Waals surface area contributed by atoms with Gasteiger partial charge in [0.25, 0.3) is 0 Å². The van der Waals surface area contributed by atoms with Crippen molar-refractivity contribution in [2.45, 2.75) is 6.04 Å². The van der Waals surface area contributed by atoms with Gasteiger partial charge < -0.3 is 10.2 Å². The molecular formula is C11H9ClFNO. The van der Waals surface area contributed by atoms with Crippen molar-refractivity contribution in [2.24, 2.45) is 5.73 Å². The van der Waals surface area contributed by atoms with Crippen molar-refractivity contribution < 1.29 is 8.81 Å². The van der Waals surface area contributed by atoms with Crippen LogP contribution in [0.3, 0.4) is 0 Å². The molecule has 0 spiro atoms. The van der Waals surface area contributed by atoms with Crippen molar-refractivity contribution >= 4 is 11.6 Å². The largest absolute Gasteiger partial charge is 0.467 e. The van der Waals surface area contributed by atoms with Crippen molar-refractivity contribution in [3.05, 3.63) is 58.8 Å². The molecule has 0 fully saturated rings. The van der Waals surface area contributed by atoms with Gasteiger partial charge in [0, 0.05) is 10.6 Å². The Kier molecular flexibility index (Phi) is 2.75. The maximum Gasteiger partial charge on any atom is 0.129 e. The number of hydrogen-bond donors (Lipinski definition) is 1. The van der Waals surface area contributed by atoms with E-state index >= 15 is 0 Å². The molecule has 2 aromatic rings. The van der Waals surface area contributed by atoms with Crippen molar-refractivity contribution in [1.29, 1.82) is 0 Å². The zero-order chi connectivity index (χ0) is 10.8. The summed E-state index contributed by atoms with van der Waals surface area (Å²) in [5, 5.41) is 0.350. The van der Waals surface area contributed by atoms with E-state index < -0.39 is 11.9 Å². The summed E-state index contributed by atoms with van der Waals surface area (Å²) in [6, 6.07) is 7.21. The van der Waals surface area contributed by atoms with E-state index in [1.54, 1.807) is 24.3 Å². The fraction of sp³-hybridized carbons (Fsp3) is 0.0909. The maximum absolute atomic E-state index is 13.5. The third kappa shape index (κ3) is 2.03. The molecule has 0 aliphatic rings. The van der Waals surface area contributed by atoms with Gasteiger partial charge in [-0.3, -0.25) is 0 Å². The number of furan rings is 1. The Morgan fingerprint density at radius 1 is 1.33 bits per heavy atom. The van der Waals surface area contributed by atoms with Crippen molar-refractivity contribution in [1.82, 2.24) is 0 Å². The Hall–Kier alpha value is -1.32. The van der Waals surface area contributed by atoms with Gasteiger partial charge in [-0.05, 0) is 24.3 Å². The first-order valence-electron chi connectivity index (χ1n) is 4.42. The second-order valence-corrected chi connectivity index (χ2v) is 3.60. The Balaban J connectivity index is 2.38. The topological polar surface area (TPSA) is 39.2 Å². The van der Waals surface area contributed by atoms with Crippen LogP contribution in [0.1, 0.15) is 17.4 Å². The molecule has 0 bridgehead atoms. The normalized spacial score (nSPS) is 12.7. The average molecular weight is 226 g/mol. The predicted octanol–water partition coefficient (Wildman–Crippen LogP) is 3.12. The Morgan fingerprint density at radius 2 is 2.13 bits per heavy atom. The minimum absolute atomic E-state index is 0.350. The quantitative estimate of drug-likeness (QED) is 0.853. The Morgan fingerprint density at radius 3 is 2.73 bits per heavy atom. The molecule has 0 radical (unpaired) electrons. The van der Waals surface area contributed by atoms with Crippen LogP contribution in [0.25, 0.3) is 0 Å². The molecule has 2 rings (SSSR count). The summed E-state index contributed by atoms with van der Waals surface area (Å²) >= 11 is 5.64. The molecule has 4 heteroatoms. The van der Waals surface area contributed by atoms with Crippen molar-refractivity contribution in [3.8, 4) is 0 Å². The van der Waals surface area contributed by atoms with E-state index in [-0.39, 0.29) is 0 Å². The minimum atomic E-state index is -0.600. The number of halogens is 2. The highest BCUT2D eigenvalue weighted by atomic mass is 35.5. The highest BCUT2D eigenvalue weighted by Crippen LogP contribution is 2.24. The maximum atomic E-state index is 13.5. The van der Waals surface area contributed by atoms with Gasteiger partial charge in [-0.15, -0.1) is 0 Å². The minimum Gasteiger partial charge on any atom is -0.467 e. The van der Waals surface area contributed by atoms with Crippen LogP contribution in [-0.4, -0.2) is 0 Å².